The molecule has 36 heavy (non-hydrogen) atoms. The molecule has 0 radical (unpaired) electrons. The summed E-state index contributed by atoms with van der Waals surface area (Å²) in [5.41, 5.74) is 2.00. The molecule has 1 amide bonds. The van der Waals surface area contributed by atoms with Crippen LogP contribution in [0.1, 0.15) is 13.3 Å². The van der Waals surface area contributed by atoms with Gasteiger partial charge in [-0.1, -0.05) is 11.6 Å². The molecule has 0 spiro atoms. The Morgan fingerprint density at radius 3 is 2.69 bits per heavy atom. The van der Waals surface area contributed by atoms with Gasteiger partial charge in [0.05, 0.1) is 4.90 Å². The van der Waals surface area contributed by atoms with Gasteiger partial charge in [0.15, 0.2) is 5.13 Å². The predicted octanol–water partition coefficient (Wildman–Crippen LogP) is 4.68. The van der Waals surface area contributed by atoms with Crippen LogP contribution in [-0.4, -0.2) is 54.5 Å². The lowest BCUT2D eigenvalue weighted by molar-refractivity contribution is -0.133. The number of benzene rings is 2. The molecule has 1 atom stereocenters. The van der Waals surface area contributed by atoms with Gasteiger partial charge in [-0.2, -0.15) is 0 Å². The van der Waals surface area contributed by atoms with E-state index in [1.165, 1.54) is 11.3 Å². The number of carbonyl (C=O) groups is 1. The Kier molecular flexibility index (Phi) is 6.92. The van der Waals surface area contributed by atoms with Crippen molar-refractivity contribution in [2.45, 2.75) is 30.8 Å². The van der Waals surface area contributed by atoms with E-state index in [4.69, 9.17) is 11.6 Å². The molecule has 4 aromatic rings. The summed E-state index contributed by atoms with van der Waals surface area (Å²) in [5, 5.41) is 3.81. The summed E-state index contributed by atoms with van der Waals surface area (Å²) >= 11 is 7.31. The molecule has 8 nitrogen and oxygen atoms in total. The van der Waals surface area contributed by atoms with Gasteiger partial charge in [-0.3, -0.25) is 9.52 Å². The quantitative estimate of drug-likeness (QED) is 0.366. The van der Waals surface area contributed by atoms with Gasteiger partial charge in [0.25, 0.3) is 10.0 Å². The summed E-state index contributed by atoms with van der Waals surface area (Å²) in [6.07, 6.45) is 3.97. The van der Waals surface area contributed by atoms with Gasteiger partial charge in [0, 0.05) is 78.0 Å². The average Bonchev–Trinajstić information content (AvgIpc) is 3.51. The maximum absolute atomic E-state index is 13.0. The second-order valence-electron chi connectivity index (χ2n) is 8.78. The van der Waals surface area contributed by atoms with Crippen molar-refractivity contribution >= 4 is 60.6 Å². The number of amides is 1. The van der Waals surface area contributed by atoms with E-state index >= 15 is 0 Å². The second kappa shape index (κ2) is 10.1. The number of aryl methyl sites for hydroxylation is 1. The van der Waals surface area contributed by atoms with Crippen molar-refractivity contribution in [2.24, 2.45) is 0 Å². The molecule has 3 heterocycles. The third-order valence-electron chi connectivity index (χ3n) is 6.41. The predicted molar refractivity (Wildman–Crippen MR) is 144 cm³/mol. The first kappa shape index (κ1) is 24.6. The summed E-state index contributed by atoms with van der Waals surface area (Å²) in [4.78, 5) is 21.3. The molecule has 2 aromatic heterocycles. The molecule has 11 heteroatoms. The minimum absolute atomic E-state index is 0.0430. The van der Waals surface area contributed by atoms with Crippen LogP contribution < -0.4 is 9.62 Å². The van der Waals surface area contributed by atoms with Crippen LogP contribution >= 0.6 is 22.9 Å². The van der Waals surface area contributed by atoms with Gasteiger partial charge in [-0.25, -0.2) is 13.4 Å². The molecule has 188 valence electrons. The molecule has 2 aromatic carbocycles. The molecule has 5 rings (SSSR count). The van der Waals surface area contributed by atoms with E-state index in [0.29, 0.717) is 42.8 Å². The van der Waals surface area contributed by atoms with Crippen LogP contribution in [0.3, 0.4) is 0 Å². The Labute approximate surface area is 219 Å². The highest BCUT2D eigenvalue weighted by molar-refractivity contribution is 7.93. The second-order valence-corrected chi connectivity index (χ2v) is 11.8. The fourth-order valence-corrected chi connectivity index (χ4v) is 6.54. The van der Waals surface area contributed by atoms with E-state index in [9.17, 15) is 13.2 Å². The number of hydrogen-bond donors (Lipinski definition) is 1. The Balaban J connectivity index is 1.18. The van der Waals surface area contributed by atoms with E-state index in [1.807, 2.05) is 54.4 Å². The molecule has 0 bridgehead atoms. The highest BCUT2D eigenvalue weighted by Crippen LogP contribution is 2.24. The van der Waals surface area contributed by atoms with Crippen LogP contribution in [0.4, 0.5) is 10.8 Å². The Bertz CT molecular complexity index is 1470. The number of sulfonamides is 1. The van der Waals surface area contributed by atoms with E-state index in [2.05, 4.69) is 19.2 Å². The number of nitrogens with one attached hydrogen (secondary N) is 1. The highest BCUT2D eigenvalue weighted by Gasteiger charge is 2.27. The van der Waals surface area contributed by atoms with E-state index < -0.39 is 10.0 Å². The molecule has 1 saturated heterocycles. The number of thiazole rings is 1. The standard InChI is InChI=1S/C25H26ClN5O3S2/c1-18-17-30(21-3-5-22(6-4-21)36(33,34)28-25-27-10-15-35-25)13-14-31(18)24(32)9-12-29-11-8-19-16-20(26)2-7-23(19)29/h2-8,10-11,15-16,18H,9,12-14,17H2,1H3,(H,27,28). The molecule has 1 aliphatic rings. The van der Waals surface area contributed by atoms with Gasteiger partial charge in [0.1, 0.15) is 0 Å². The van der Waals surface area contributed by atoms with Gasteiger partial charge in [0.2, 0.25) is 5.91 Å². The maximum Gasteiger partial charge on any atom is 0.263 e. The monoisotopic (exact) mass is 543 g/mol. The summed E-state index contributed by atoms with van der Waals surface area (Å²) in [7, 11) is -3.68. The fourth-order valence-electron chi connectivity index (χ4n) is 4.57. The zero-order valence-corrected chi connectivity index (χ0v) is 22.1. The first-order valence-electron chi connectivity index (χ1n) is 11.6. The van der Waals surface area contributed by atoms with E-state index in [0.717, 1.165) is 16.6 Å². The number of rotatable bonds is 7. The van der Waals surface area contributed by atoms with Crippen molar-refractivity contribution in [3.63, 3.8) is 0 Å². The lowest BCUT2D eigenvalue weighted by Crippen LogP contribution is -2.54. The smallest absolute Gasteiger partial charge is 0.263 e. The third-order valence-corrected chi connectivity index (χ3v) is 8.82. The first-order valence-corrected chi connectivity index (χ1v) is 14.4. The number of hydrogen-bond acceptors (Lipinski definition) is 6. The van der Waals surface area contributed by atoms with Crippen molar-refractivity contribution in [2.75, 3.05) is 29.3 Å². The topological polar surface area (TPSA) is 87.5 Å². The Morgan fingerprint density at radius 1 is 1.17 bits per heavy atom. The summed E-state index contributed by atoms with van der Waals surface area (Å²) in [6, 6.07) is 14.6. The number of carbonyl (C=O) groups excluding carboxylic acids is 1. The lowest BCUT2D eigenvalue weighted by Gasteiger charge is -2.41. The zero-order chi connectivity index (χ0) is 25.3. The number of piperazine rings is 1. The van der Waals surface area contributed by atoms with Crippen molar-refractivity contribution in [3.05, 3.63) is 71.3 Å². The van der Waals surface area contributed by atoms with Gasteiger partial charge >= 0.3 is 0 Å². The normalized spacial score (nSPS) is 16.4. The summed E-state index contributed by atoms with van der Waals surface area (Å²) in [5.74, 6) is 0.132. The van der Waals surface area contributed by atoms with Crippen LogP contribution in [0.2, 0.25) is 5.02 Å². The molecule has 1 N–H and O–H groups in total. The molecular weight excluding hydrogens is 518 g/mol. The molecule has 1 aliphatic heterocycles. The molecule has 1 unspecified atom stereocenters. The van der Waals surface area contributed by atoms with Crippen LogP contribution in [0.25, 0.3) is 10.9 Å². The van der Waals surface area contributed by atoms with Crippen molar-refractivity contribution < 1.29 is 13.2 Å². The van der Waals surface area contributed by atoms with Crippen LogP contribution in [0.15, 0.2) is 71.2 Å². The highest BCUT2D eigenvalue weighted by atomic mass is 35.5. The molecule has 1 fully saturated rings. The van der Waals surface area contributed by atoms with Crippen LogP contribution in [-0.2, 0) is 21.4 Å². The number of nitrogens with zero attached hydrogens (tertiary/aromatic N) is 4. The largest absolute Gasteiger partial charge is 0.368 e. The fraction of sp³-hybridized carbons (Fsp3) is 0.280. The number of anilines is 2. The zero-order valence-electron chi connectivity index (χ0n) is 19.7. The van der Waals surface area contributed by atoms with Crippen molar-refractivity contribution in [1.82, 2.24) is 14.5 Å². The first-order chi connectivity index (χ1) is 17.3. The van der Waals surface area contributed by atoms with Gasteiger partial charge in [-0.15, -0.1) is 11.3 Å². The van der Waals surface area contributed by atoms with E-state index in [1.54, 1.807) is 23.7 Å². The minimum Gasteiger partial charge on any atom is -0.368 e. The van der Waals surface area contributed by atoms with Crippen LogP contribution in [0, 0.1) is 0 Å². The van der Waals surface area contributed by atoms with E-state index in [-0.39, 0.29) is 16.8 Å². The third kappa shape index (κ3) is 5.21. The van der Waals surface area contributed by atoms with Crippen molar-refractivity contribution in [1.29, 1.82) is 0 Å². The van der Waals surface area contributed by atoms with Crippen molar-refractivity contribution in [3.8, 4) is 0 Å². The summed E-state index contributed by atoms with van der Waals surface area (Å²) < 4.78 is 29.7. The molecule has 0 aliphatic carbocycles. The maximum atomic E-state index is 13.0. The lowest BCUT2D eigenvalue weighted by atomic mass is 10.1. The van der Waals surface area contributed by atoms with Gasteiger partial charge < -0.3 is 14.4 Å². The Morgan fingerprint density at radius 2 is 1.97 bits per heavy atom. The number of halogens is 1. The number of aromatic nitrogens is 2. The Hall–Kier alpha value is -3.08. The van der Waals surface area contributed by atoms with Crippen LogP contribution in [0.5, 0.6) is 0 Å². The average molecular weight is 544 g/mol. The molecular formula is C25H26ClN5O3S2. The molecule has 0 saturated carbocycles. The van der Waals surface area contributed by atoms with Gasteiger partial charge in [-0.05, 0) is 55.5 Å². The summed E-state index contributed by atoms with van der Waals surface area (Å²) in [6.45, 7) is 4.65. The minimum atomic E-state index is -3.68. The number of fused-ring (bicyclic) bond motifs is 1. The SMILES string of the molecule is CC1CN(c2ccc(S(=O)(=O)Nc3nccs3)cc2)CCN1C(=O)CCn1ccc2cc(Cl)ccc21.